The fourth-order valence-electron chi connectivity index (χ4n) is 1.86. The average Bonchev–Trinajstić information content (AvgIpc) is 2.80. The summed E-state index contributed by atoms with van der Waals surface area (Å²) >= 11 is -0.196. The highest BCUT2D eigenvalue weighted by Gasteiger charge is 2.28. The molecule has 0 spiro atoms. The monoisotopic (exact) mass is 317 g/mol. The number of carbonyl (C=O) groups is 1. The van der Waals surface area contributed by atoms with Crippen LogP contribution in [0.25, 0.3) is 11.0 Å². The smallest absolute Gasteiger partial charge is 0.441 e. The zero-order valence-corrected chi connectivity index (χ0v) is 12.1. The van der Waals surface area contributed by atoms with E-state index < -0.39 is 11.4 Å². The van der Waals surface area contributed by atoms with Crippen LogP contribution in [0.4, 0.5) is 13.2 Å². The Morgan fingerprint density at radius 1 is 1.38 bits per heavy atom. The van der Waals surface area contributed by atoms with E-state index in [1.807, 2.05) is 30.3 Å². The molecule has 2 aromatic rings. The van der Waals surface area contributed by atoms with Gasteiger partial charge in [0.25, 0.3) is 0 Å². The minimum Gasteiger partial charge on any atom is -0.459 e. The maximum absolute atomic E-state index is 12.0. The summed E-state index contributed by atoms with van der Waals surface area (Å²) in [5.74, 6) is -0.143. The van der Waals surface area contributed by atoms with Crippen molar-refractivity contribution in [1.82, 2.24) is 5.32 Å². The first-order chi connectivity index (χ1) is 9.85. The highest BCUT2D eigenvalue weighted by molar-refractivity contribution is 8.00. The Labute approximate surface area is 123 Å². The number of thioether (sulfide) groups is 1. The van der Waals surface area contributed by atoms with E-state index in [2.05, 4.69) is 5.32 Å². The van der Waals surface area contributed by atoms with Crippen LogP contribution in [0.2, 0.25) is 0 Å². The standard InChI is InChI=1S/C14H14F3NO2S/c1-9(18-13(19)6-7-21-14(15,16)17)12-8-10-4-2-3-5-11(10)20-12/h2-5,8-9H,6-7H2,1H3,(H,18,19)/t9-/m1/s1. The van der Waals surface area contributed by atoms with Gasteiger partial charge < -0.3 is 9.73 Å². The SMILES string of the molecule is C[C@@H](NC(=O)CCSC(F)(F)F)c1cc2ccccc2o1. The van der Waals surface area contributed by atoms with Crippen LogP contribution >= 0.6 is 11.8 Å². The number of halogens is 3. The van der Waals surface area contributed by atoms with Crippen molar-refractivity contribution in [3.63, 3.8) is 0 Å². The van der Waals surface area contributed by atoms with Crippen LogP contribution in [-0.4, -0.2) is 17.2 Å². The van der Waals surface area contributed by atoms with E-state index in [-0.39, 0.29) is 30.0 Å². The number of nitrogens with one attached hydrogen (secondary N) is 1. The number of amides is 1. The van der Waals surface area contributed by atoms with Gasteiger partial charge in [0.2, 0.25) is 5.91 Å². The van der Waals surface area contributed by atoms with Crippen molar-refractivity contribution in [2.75, 3.05) is 5.75 Å². The van der Waals surface area contributed by atoms with Crippen molar-refractivity contribution in [3.05, 3.63) is 36.1 Å². The molecule has 2 rings (SSSR count). The number of hydrogen-bond acceptors (Lipinski definition) is 3. The van der Waals surface area contributed by atoms with Gasteiger partial charge in [0.1, 0.15) is 11.3 Å². The summed E-state index contributed by atoms with van der Waals surface area (Å²) in [6, 6.07) is 8.84. The molecule has 0 aliphatic rings. The molecule has 114 valence electrons. The predicted molar refractivity (Wildman–Crippen MR) is 75.9 cm³/mol. The average molecular weight is 317 g/mol. The topological polar surface area (TPSA) is 42.2 Å². The van der Waals surface area contributed by atoms with Crippen LogP contribution in [0.3, 0.4) is 0 Å². The molecule has 0 aliphatic carbocycles. The fourth-order valence-corrected chi connectivity index (χ4v) is 2.38. The van der Waals surface area contributed by atoms with E-state index in [1.54, 1.807) is 6.92 Å². The normalized spacial score (nSPS) is 13.3. The summed E-state index contributed by atoms with van der Waals surface area (Å²) in [5, 5.41) is 3.55. The number of para-hydroxylation sites is 1. The molecule has 0 bridgehead atoms. The third kappa shape index (κ3) is 4.70. The van der Waals surface area contributed by atoms with Crippen LogP contribution in [0, 0.1) is 0 Å². The number of fused-ring (bicyclic) bond motifs is 1. The zero-order chi connectivity index (χ0) is 15.5. The molecule has 0 saturated carbocycles. The largest absolute Gasteiger partial charge is 0.459 e. The van der Waals surface area contributed by atoms with Gasteiger partial charge in [-0.2, -0.15) is 13.2 Å². The van der Waals surface area contributed by atoms with Crippen molar-refractivity contribution in [2.45, 2.75) is 24.9 Å². The highest BCUT2D eigenvalue weighted by atomic mass is 32.2. The quantitative estimate of drug-likeness (QED) is 0.896. The van der Waals surface area contributed by atoms with Gasteiger partial charge in [-0.1, -0.05) is 30.0 Å². The molecule has 0 radical (unpaired) electrons. The van der Waals surface area contributed by atoms with Crippen molar-refractivity contribution >= 4 is 28.6 Å². The minimum atomic E-state index is -4.30. The van der Waals surface area contributed by atoms with E-state index in [0.717, 1.165) is 5.39 Å². The first-order valence-electron chi connectivity index (χ1n) is 6.34. The lowest BCUT2D eigenvalue weighted by Gasteiger charge is -2.11. The summed E-state index contributed by atoms with van der Waals surface area (Å²) in [7, 11) is 0. The maximum Gasteiger partial charge on any atom is 0.441 e. The van der Waals surface area contributed by atoms with E-state index in [1.165, 1.54) is 0 Å². The summed E-state index contributed by atoms with van der Waals surface area (Å²) in [5.41, 5.74) is -3.59. The van der Waals surface area contributed by atoms with E-state index in [9.17, 15) is 18.0 Å². The number of hydrogen-bond donors (Lipinski definition) is 1. The molecule has 1 aromatic carbocycles. The second kappa shape index (κ2) is 6.43. The lowest BCUT2D eigenvalue weighted by Crippen LogP contribution is -2.26. The van der Waals surface area contributed by atoms with Gasteiger partial charge in [-0.15, -0.1) is 0 Å². The molecule has 3 nitrogen and oxygen atoms in total. The Balaban J connectivity index is 1.88. The summed E-state index contributed by atoms with van der Waals surface area (Å²) in [6.45, 7) is 1.73. The molecule has 0 fully saturated rings. The summed E-state index contributed by atoms with van der Waals surface area (Å²) < 4.78 is 41.5. The highest BCUT2D eigenvalue weighted by Crippen LogP contribution is 2.30. The molecule has 1 heterocycles. The lowest BCUT2D eigenvalue weighted by atomic mass is 10.2. The third-order valence-corrected chi connectivity index (χ3v) is 3.58. The lowest BCUT2D eigenvalue weighted by molar-refractivity contribution is -0.121. The molecular weight excluding hydrogens is 303 g/mol. The molecular formula is C14H14F3NO2S. The van der Waals surface area contributed by atoms with E-state index in [4.69, 9.17) is 4.42 Å². The number of furan rings is 1. The molecule has 0 unspecified atom stereocenters. The van der Waals surface area contributed by atoms with Crippen molar-refractivity contribution in [2.24, 2.45) is 0 Å². The van der Waals surface area contributed by atoms with Crippen LogP contribution in [-0.2, 0) is 4.79 Å². The molecule has 1 aromatic heterocycles. The molecule has 21 heavy (non-hydrogen) atoms. The van der Waals surface area contributed by atoms with E-state index in [0.29, 0.717) is 11.3 Å². The molecule has 0 saturated heterocycles. The van der Waals surface area contributed by atoms with Crippen molar-refractivity contribution in [3.8, 4) is 0 Å². The molecule has 1 atom stereocenters. The minimum absolute atomic E-state index is 0.186. The maximum atomic E-state index is 12.0. The Kier molecular flexibility index (Phi) is 4.82. The first-order valence-corrected chi connectivity index (χ1v) is 7.32. The van der Waals surface area contributed by atoms with Gasteiger partial charge in [0, 0.05) is 17.6 Å². The second-order valence-corrected chi connectivity index (χ2v) is 5.68. The van der Waals surface area contributed by atoms with Crippen LogP contribution in [0.1, 0.15) is 25.1 Å². The Hall–Kier alpha value is -1.63. The third-order valence-electron chi connectivity index (χ3n) is 2.84. The summed E-state index contributed by atoms with van der Waals surface area (Å²) in [6.07, 6.45) is -0.186. The van der Waals surface area contributed by atoms with Gasteiger partial charge >= 0.3 is 5.51 Å². The van der Waals surface area contributed by atoms with Crippen molar-refractivity contribution in [1.29, 1.82) is 0 Å². The van der Waals surface area contributed by atoms with Crippen molar-refractivity contribution < 1.29 is 22.4 Å². The van der Waals surface area contributed by atoms with E-state index >= 15 is 0 Å². The molecule has 7 heteroatoms. The fraction of sp³-hybridized carbons (Fsp3) is 0.357. The predicted octanol–water partition coefficient (Wildman–Crippen LogP) is 4.25. The molecule has 1 amide bonds. The number of carbonyl (C=O) groups excluding carboxylic acids is 1. The first kappa shape index (κ1) is 15.8. The van der Waals surface area contributed by atoms with Gasteiger partial charge in [-0.05, 0) is 19.1 Å². The van der Waals surface area contributed by atoms with Gasteiger partial charge in [0.15, 0.2) is 0 Å². The van der Waals surface area contributed by atoms with Crippen LogP contribution in [0.5, 0.6) is 0 Å². The number of benzene rings is 1. The Bertz CT molecular complexity index is 591. The van der Waals surface area contributed by atoms with Gasteiger partial charge in [-0.3, -0.25) is 4.79 Å². The van der Waals surface area contributed by atoms with Gasteiger partial charge in [0.05, 0.1) is 6.04 Å². The Morgan fingerprint density at radius 3 is 2.76 bits per heavy atom. The Morgan fingerprint density at radius 2 is 2.10 bits per heavy atom. The summed E-state index contributed by atoms with van der Waals surface area (Å²) in [4.78, 5) is 11.6. The van der Waals surface area contributed by atoms with Crippen LogP contribution < -0.4 is 5.32 Å². The zero-order valence-electron chi connectivity index (χ0n) is 11.2. The number of rotatable bonds is 5. The number of alkyl halides is 3. The molecule has 0 aliphatic heterocycles. The van der Waals surface area contributed by atoms with Gasteiger partial charge in [-0.25, -0.2) is 0 Å². The van der Waals surface area contributed by atoms with Crippen LogP contribution in [0.15, 0.2) is 34.7 Å². The second-order valence-electron chi connectivity index (χ2n) is 4.52. The molecule has 1 N–H and O–H groups in total.